The van der Waals surface area contributed by atoms with Crippen molar-refractivity contribution in [2.75, 3.05) is 0 Å². The van der Waals surface area contributed by atoms with E-state index in [4.69, 9.17) is 0 Å². The fourth-order valence-electron chi connectivity index (χ4n) is 4.47. The summed E-state index contributed by atoms with van der Waals surface area (Å²) in [7, 11) is 0. The van der Waals surface area contributed by atoms with Crippen LogP contribution in [0.1, 0.15) is 40.5 Å². The molecule has 0 saturated heterocycles. The van der Waals surface area contributed by atoms with Crippen molar-refractivity contribution in [1.29, 1.82) is 0 Å². The Labute approximate surface area is 141 Å². The molecule has 24 heavy (non-hydrogen) atoms. The van der Waals surface area contributed by atoms with Crippen LogP contribution in [0.15, 0.2) is 0 Å². The van der Waals surface area contributed by atoms with Crippen LogP contribution in [-0.4, -0.2) is 47.8 Å². The van der Waals surface area contributed by atoms with E-state index in [9.17, 15) is 19.2 Å². The summed E-state index contributed by atoms with van der Waals surface area (Å²) in [6, 6.07) is -0.611. The number of hydrogen-bond donors (Lipinski definition) is 4. The summed E-state index contributed by atoms with van der Waals surface area (Å²) < 4.78 is 0. The largest absolute Gasteiger partial charge is 0.353 e. The summed E-state index contributed by atoms with van der Waals surface area (Å²) in [4.78, 5) is 46.2. The van der Waals surface area contributed by atoms with Crippen molar-refractivity contribution in [1.82, 2.24) is 21.3 Å². The van der Waals surface area contributed by atoms with Gasteiger partial charge in [0.25, 0.3) is 0 Å². The number of nitrogens with one attached hydrogen (secondary N) is 4. The first-order valence-corrected chi connectivity index (χ1v) is 8.27. The van der Waals surface area contributed by atoms with Crippen LogP contribution in [-0.2, 0) is 19.2 Å². The van der Waals surface area contributed by atoms with Gasteiger partial charge in [0.15, 0.2) is 0 Å². The third-order valence-electron chi connectivity index (χ3n) is 4.87. The second-order valence-corrected chi connectivity index (χ2v) is 6.85. The average molecular weight is 338 g/mol. The maximum atomic E-state index is 11.5. The molecular formula is C16H26N4O4. The molecule has 0 aromatic carbocycles. The van der Waals surface area contributed by atoms with Crippen molar-refractivity contribution in [3.63, 3.8) is 0 Å². The number of carbonyl (C=O) groups excluding carboxylic acids is 4. The average Bonchev–Trinajstić information content (AvgIpc) is 2.88. The molecule has 0 aromatic heterocycles. The lowest BCUT2D eigenvalue weighted by Crippen LogP contribution is -2.46. The van der Waals surface area contributed by atoms with Crippen LogP contribution in [0.25, 0.3) is 0 Å². The standard InChI is InChI=1S/C16H26N4O4/c1-7(21)17-11-5-12(18-8(2)22)16-14(20-10(4)24)6-13(15(11)16)19-9(3)23/h11-16H,5-6H2,1-4H3,(H,17,21)(H,18,22)(H,19,23)(H,20,24)/t11-,12+,13+,14-,15?,16?. The third kappa shape index (κ3) is 4.04. The Bertz CT molecular complexity index is 458. The zero-order valence-electron chi connectivity index (χ0n) is 14.5. The highest BCUT2D eigenvalue weighted by molar-refractivity contribution is 5.76. The van der Waals surface area contributed by atoms with Gasteiger partial charge in [-0.1, -0.05) is 0 Å². The first kappa shape index (κ1) is 18.2. The highest BCUT2D eigenvalue weighted by Gasteiger charge is 2.56. The summed E-state index contributed by atoms with van der Waals surface area (Å²) in [5.74, 6) is -0.657. The van der Waals surface area contributed by atoms with E-state index in [0.29, 0.717) is 12.8 Å². The van der Waals surface area contributed by atoms with E-state index in [-0.39, 0.29) is 59.6 Å². The summed E-state index contributed by atoms with van der Waals surface area (Å²) in [5.41, 5.74) is 0. The zero-order valence-corrected chi connectivity index (χ0v) is 14.5. The summed E-state index contributed by atoms with van der Waals surface area (Å²) in [6.07, 6.45) is 1.17. The Morgan fingerprint density at radius 2 is 0.750 bits per heavy atom. The Balaban J connectivity index is 2.30. The lowest BCUT2D eigenvalue weighted by atomic mass is 9.91. The van der Waals surface area contributed by atoms with Crippen molar-refractivity contribution in [3.05, 3.63) is 0 Å². The SMILES string of the molecule is CC(=O)N[C@H]1C[C@@H](NC(C)=O)C2C1[C@H](NC(C)=O)C[C@@H]2NC(C)=O. The highest BCUT2D eigenvalue weighted by Crippen LogP contribution is 2.44. The molecule has 6 atom stereocenters. The Morgan fingerprint density at radius 3 is 0.917 bits per heavy atom. The van der Waals surface area contributed by atoms with Gasteiger partial charge in [-0.25, -0.2) is 0 Å². The van der Waals surface area contributed by atoms with E-state index < -0.39 is 0 Å². The van der Waals surface area contributed by atoms with Gasteiger partial charge in [-0.05, 0) is 12.8 Å². The Kier molecular flexibility index (Phi) is 5.46. The molecule has 0 bridgehead atoms. The predicted molar refractivity (Wildman–Crippen MR) is 86.6 cm³/mol. The van der Waals surface area contributed by atoms with E-state index in [0.717, 1.165) is 0 Å². The van der Waals surface area contributed by atoms with Crippen molar-refractivity contribution in [2.24, 2.45) is 11.8 Å². The fraction of sp³-hybridized carbons (Fsp3) is 0.750. The van der Waals surface area contributed by atoms with E-state index in [1.807, 2.05) is 0 Å². The normalized spacial score (nSPS) is 34.2. The monoisotopic (exact) mass is 338 g/mol. The molecule has 0 aliphatic heterocycles. The highest BCUT2D eigenvalue weighted by atomic mass is 16.2. The number of carbonyl (C=O) groups is 4. The van der Waals surface area contributed by atoms with Crippen LogP contribution in [0.5, 0.6) is 0 Å². The minimum absolute atomic E-state index is 0.0356. The molecule has 4 N–H and O–H groups in total. The van der Waals surface area contributed by atoms with Crippen LogP contribution >= 0.6 is 0 Å². The minimum Gasteiger partial charge on any atom is -0.353 e. The van der Waals surface area contributed by atoms with Crippen LogP contribution in [0.4, 0.5) is 0 Å². The molecule has 8 heteroatoms. The topological polar surface area (TPSA) is 116 Å². The van der Waals surface area contributed by atoms with E-state index in [1.54, 1.807) is 0 Å². The summed E-state index contributed by atoms with van der Waals surface area (Å²) in [5, 5.41) is 11.8. The minimum atomic E-state index is -0.153. The van der Waals surface area contributed by atoms with Crippen LogP contribution in [0.2, 0.25) is 0 Å². The lowest BCUT2D eigenvalue weighted by molar-refractivity contribution is -0.121. The van der Waals surface area contributed by atoms with Crippen molar-refractivity contribution >= 4 is 23.6 Å². The molecule has 134 valence electrons. The van der Waals surface area contributed by atoms with Gasteiger partial charge in [-0.15, -0.1) is 0 Å². The molecule has 0 spiro atoms. The van der Waals surface area contributed by atoms with Crippen molar-refractivity contribution in [3.8, 4) is 0 Å². The van der Waals surface area contributed by atoms with E-state index >= 15 is 0 Å². The number of fused-ring (bicyclic) bond motifs is 1. The molecule has 2 fully saturated rings. The zero-order chi connectivity index (χ0) is 18.0. The maximum absolute atomic E-state index is 11.5. The predicted octanol–water partition coefficient (Wildman–Crippen LogP) is -0.955. The van der Waals surface area contributed by atoms with Gasteiger partial charge in [0.05, 0.1) is 0 Å². The molecule has 8 nitrogen and oxygen atoms in total. The number of rotatable bonds is 4. The smallest absolute Gasteiger partial charge is 0.217 e. The quantitative estimate of drug-likeness (QED) is 0.528. The summed E-state index contributed by atoms with van der Waals surface area (Å²) >= 11 is 0. The first-order chi connectivity index (χ1) is 11.2. The molecule has 2 saturated carbocycles. The lowest BCUT2D eigenvalue weighted by Gasteiger charge is -2.27. The van der Waals surface area contributed by atoms with Gasteiger partial charge < -0.3 is 21.3 Å². The Hall–Kier alpha value is -2.12. The van der Waals surface area contributed by atoms with Gasteiger partial charge in [0.2, 0.25) is 23.6 Å². The molecule has 0 aromatic rings. The fourth-order valence-corrected chi connectivity index (χ4v) is 4.47. The van der Waals surface area contributed by atoms with Crippen LogP contribution < -0.4 is 21.3 Å². The second kappa shape index (κ2) is 7.19. The van der Waals surface area contributed by atoms with Crippen molar-refractivity contribution in [2.45, 2.75) is 64.7 Å². The molecule has 0 radical (unpaired) electrons. The molecule has 2 rings (SSSR count). The van der Waals surface area contributed by atoms with Gasteiger partial charge in [0.1, 0.15) is 0 Å². The summed E-state index contributed by atoms with van der Waals surface area (Å²) in [6.45, 7) is 5.81. The van der Waals surface area contributed by atoms with Gasteiger partial charge >= 0.3 is 0 Å². The number of hydrogen-bond acceptors (Lipinski definition) is 4. The van der Waals surface area contributed by atoms with Crippen LogP contribution in [0.3, 0.4) is 0 Å². The first-order valence-electron chi connectivity index (χ1n) is 8.27. The molecule has 2 aliphatic carbocycles. The molecule has 0 heterocycles. The second-order valence-electron chi connectivity index (χ2n) is 6.85. The molecule has 4 amide bonds. The molecular weight excluding hydrogens is 312 g/mol. The van der Waals surface area contributed by atoms with Gasteiger partial charge in [-0.2, -0.15) is 0 Å². The van der Waals surface area contributed by atoms with Gasteiger partial charge in [-0.3, -0.25) is 19.2 Å². The molecule has 2 aliphatic rings. The van der Waals surface area contributed by atoms with E-state index in [2.05, 4.69) is 21.3 Å². The third-order valence-corrected chi connectivity index (χ3v) is 4.87. The maximum Gasteiger partial charge on any atom is 0.217 e. The van der Waals surface area contributed by atoms with Crippen LogP contribution in [0, 0.1) is 11.8 Å². The van der Waals surface area contributed by atoms with Gasteiger partial charge in [0, 0.05) is 63.7 Å². The Morgan fingerprint density at radius 1 is 0.542 bits per heavy atom. The molecule has 2 unspecified atom stereocenters. The number of amides is 4. The van der Waals surface area contributed by atoms with Crippen molar-refractivity contribution < 1.29 is 19.2 Å². The van der Waals surface area contributed by atoms with E-state index in [1.165, 1.54) is 27.7 Å².